The summed E-state index contributed by atoms with van der Waals surface area (Å²) in [5.74, 6) is -0.991. The van der Waals surface area contributed by atoms with Crippen molar-refractivity contribution in [3.63, 3.8) is 0 Å². The van der Waals surface area contributed by atoms with Crippen molar-refractivity contribution in [1.82, 2.24) is 0 Å². The summed E-state index contributed by atoms with van der Waals surface area (Å²) >= 11 is 0. The predicted octanol–water partition coefficient (Wildman–Crippen LogP) is 0.987. The maximum atomic E-state index is 11.9. The first-order valence-electron chi connectivity index (χ1n) is 4.61. The number of benzene rings is 1. The number of ether oxygens (including phenoxy) is 2. The molecule has 2 aliphatic rings. The smallest absolute Gasteiger partial charge is 0.232 e. The Hall–Kier alpha value is -2.30. The molecule has 0 saturated carbocycles. The van der Waals surface area contributed by atoms with Crippen molar-refractivity contribution in [3.8, 4) is 5.75 Å². The molecule has 1 N–H and O–H groups in total. The molecule has 5 nitrogen and oxygen atoms in total. The van der Waals surface area contributed by atoms with Crippen LogP contribution < -0.4 is 0 Å². The first-order chi connectivity index (χ1) is 7.68. The molecule has 3 rings (SSSR count). The van der Waals surface area contributed by atoms with Gasteiger partial charge in [0.2, 0.25) is 29.9 Å². The van der Waals surface area contributed by atoms with Crippen molar-refractivity contribution in [3.05, 3.63) is 40.8 Å². The second-order valence-electron chi connectivity index (χ2n) is 3.45. The van der Waals surface area contributed by atoms with Gasteiger partial charge < -0.3 is 14.6 Å². The number of hydrogen-bond acceptors (Lipinski definition) is 5. The molecule has 0 spiro atoms. The van der Waals surface area contributed by atoms with E-state index in [9.17, 15) is 14.7 Å². The lowest BCUT2D eigenvalue weighted by Gasteiger charge is -2.12. The summed E-state index contributed by atoms with van der Waals surface area (Å²) in [5.41, 5.74) is 0.376. The summed E-state index contributed by atoms with van der Waals surface area (Å²) in [6.07, 6.45) is 0. The molecule has 0 saturated heterocycles. The fourth-order valence-corrected chi connectivity index (χ4v) is 1.78. The molecule has 1 aromatic rings. The SMILES string of the molecule is O=C1C2=C(OCO2)C(=O)c2cc(O)ccc21. The van der Waals surface area contributed by atoms with Gasteiger partial charge in [0, 0.05) is 11.1 Å². The topological polar surface area (TPSA) is 72.8 Å². The highest BCUT2D eigenvalue weighted by molar-refractivity contribution is 6.25. The Kier molecular flexibility index (Phi) is 1.60. The molecule has 1 aliphatic heterocycles. The minimum absolute atomic E-state index is 0.0387. The van der Waals surface area contributed by atoms with Crippen LogP contribution in [0, 0.1) is 0 Å². The van der Waals surface area contributed by atoms with Gasteiger partial charge in [-0.3, -0.25) is 9.59 Å². The second kappa shape index (κ2) is 2.85. The minimum Gasteiger partial charge on any atom is -0.508 e. The van der Waals surface area contributed by atoms with E-state index in [0.717, 1.165) is 0 Å². The zero-order chi connectivity index (χ0) is 11.3. The van der Waals surface area contributed by atoms with Gasteiger partial charge in [0.05, 0.1) is 0 Å². The Bertz CT molecular complexity index is 555. The summed E-state index contributed by atoms with van der Waals surface area (Å²) in [4.78, 5) is 23.7. The summed E-state index contributed by atoms with van der Waals surface area (Å²) in [6.45, 7) is -0.123. The lowest BCUT2D eigenvalue weighted by atomic mass is 9.92. The molecule has 0 radical (unpaired) electrons. The molecule has 5 heteroatoms. The number of fused-ring (bicyclic) bond motifs is 1. The summed E-state index contributed by atoms with van der Waals surface area (Å²) in [7, 11) is 0. The highest BCUT2D eigenvalue weighted by atomic mass is 16.7. The van der Waals surface area contributed by atoms with E-state index < -0.39 is 5.78 Å². The predicted molar refractivity (Wildman–Crippen MR) is 50.8 cm³/mol. The van der Waals surface area contributed by atoms with Gasteiger partial charge in [0.1, 0.15) is 5.75 Å². The fraction of sp³-hybridized carbons (Fsp3) is 0.0909. The van der Waals surface area contributed by atoms with Gasteiger partial charge in [-0.05, 0) is 18.2 Å². The first kappa shape index (κ1) is 8.96. The number of allylic oxidation sites excluding steroid dienone is 2. The highest BCUT2D eigenvalue weighted by Crippen LogP contribution is 2.32. The molecule has 80 valence electrons. The van der Waals surface area contributed by atoms with E-state index in [1.54, 1.807) is 0 Å². The van der Waals surface area contributed by atoms with Crippen LogP contribution in [0.4, 0.5) is 0 Å². The van der Waals surface area contributed by atoms with Crippen molar-refractivity contribution in [2.45, 2.75) is 0 Å². The van der Waals surface area contributed by atoms with Crippen LogP contribution in [0.15, 0.2) is 29.7 Å². The molecule has 1 aromatic carbocycles. The molecule has 0 fully saturated rings. The van der Waals surface area contributed by atoms with E-state index in [1.807, 2.05) is 0 Å². The van der Waals surface area contributed by atoms with E-state index in [2.05, 4.69) is 0 Å². The highest BCUT2D eigenvalue weighted by Gasteiger charge is 2.38. The number of ketones is 2. The van der Waals surface area contributed by atoms with E-state index >= 15 is 0 Å². The quantitative estimate of drug-likeness (QED) is 0.702. The van der Waals surface area contributed by atoms with Crippen LogP contribution in [-0.2, 0) is 9.47 Å². The summed E-state index contributed by atoms with van der Waals surface area (Å²) in [6, 6.07) is 4.00. The zero-order valence-corrected chi connectivity index (χ0v) is 8.02. The van der Waals surface area contributed by atoms with Crippen molar-refractivity contribution in [1.29, 1.82) is 0 Å². The van der Waals surface area contributed by atoms with Crippen LogP contribution in [0.2, 0.25) is 0 Å². The number of phenols is 1. The minimum atomic E-state index is -0.432. The van der Waals surface area contributed by atoms with E-state index in [4.69, 9.17) is 9.47 Å². The Morgan fingerprint density at radius 3 is 2.31 bits per heavy atom. The Balaban J connectivity index is 2.25. The molecule has 16 heavy (non-hydrogen) atoms. The number of phenolic OH excluding ortho intramolecular Hbond substituents is 1. The maximum absolute atomic E-state index is 11.9. The molecule has 1 heterocycles. The monoisotopic (exact) mass is 218 g/mol. The normalized spacial score (nSPS) is 17.8. The van der Waals surface area contributed by atoms with Crippen LogP contribution >= 0.6 is 0 Å². The third-order valence-corrected chi connectivity index (χ3v) is 2.52. The summed E-state index contributed by atoms with van der Waals surface area (Å²) in [5, 5.41) is 9.28. The van der Waals surface area contributed by atoms with E-state index in [1.165, 1.54) is 18.2 Å². The van der Waals surface area contributed by atoms with E-state index in [-0.39, 0.29) is 41.0 Å². The Morgan fingerprint density at radius 1 is 1.00 bits per heavy atom. The van der Waals surface area contributed by atoms with Gasteiger partial charge in [-0.15, -0.1) is 0 Å². The van der Waals surface area contributed by atoms with E-state index in [0.29, 0.717) is 0 Å². The first-order valence-corrected chi connectivity index (χ1v) is 4.61. The largest absolute Gasteiger partial charge is 0.508 e. The van der Waals surface area contributed by atoms with Crippen molar-refractivity contribution < 1.29 is 24.2 Å². The van der Waals surface area contributed by atoms with Gasteiger partial charge in [-0.1, -0.05) is 0 Å². The maximum Gasteiger partial charge on any atom is 0.232 e. The van der Waals surface area contributed by atoms with Crippen LogP contribution in [0.1, 0.15) is 20.7 Å². The number of carbonyl (C=O) groups is 2. The molecule has 0 amide bonds. The Labute approximate surface area is 89.9 Å². The third-order valence-electron chi connectivity index (χ3n) is 2.52. The van der Waals surface area contributed by atoms with Gasteiger partial charge in [0.15, 0.2) is 0 Å². The molecule has 1 aliphatic carbocycles. The van der Waals surface area contributed by atoms with Crippen molar-refractivity contribution >= 4 is 11.6 Å². The lowest BCUT2D eigenvalue weighted by Crippen LogP contribution is -2.20. The fourth-order valence-electron chi connectivity index (χ4n) is 1.78. The van der Waals surface area contributed by atoms with Crippen molar-refractivity contribution in [2.24, 2.45) is 0 Å². The van der Waals surface area contributed by atoms with Gasteiger partial charge in [0.25, 0.3) is 0 Å². The third kappa shape index (κ3) is 0.995. The average molecular weight is 218 g/mol. The van der Waals surface area contributed by atoms with Crippen LogP contribution in [0.25, 0.3) is 0 Å². The summed E-state index contributed by atoms with van der Waals surface area (Å²) < 4.78 is 9.89. The van der Waals surface area contributed by atoms with Crippen LogP contribution in [0.5, 0.6) is 5.75 Å². The van der Waals surface area contributed by atoms with Gasteiger partial charge in [-0.2, -0.15) is 0 Å². The van der Waals surface area contributed by atoms with Crippen molar-refractivity contribution in [2.75, 3.05) is 6.79 Å². The molecule has 0 atom stereocenters. The average Bonchev–Trinajstić information content (AvgIpc) is 2.75. The molecular weight excluding hydrogens is 212 g/mol. The number of Topliss-reactive ketones (excluding diaryl/α,β-unsaturated/α-hetero) is 2. The Morgan fingerprint density at radius 2 is 1.62 bits per heavy atom. The number of carbonyl (C=O) groups excluding carboxylic acids is 2. The van der Waals surface area contributed by atoms with Crippen LogP contribution in [0.3, 0.4) is 0 Å². The lowest BCUT2D eigenvalue weighted by molar-refractivity contribution is 0.0601. The molecular formula is C11H6O5. The molecule has 0 bridgehead atoms. The second-order valence-corrected chi connectivity index (χ2v) is 3.45. The van der Waals surface area contributed by atoms with Gasteiger partial charge in [-0.25, -0.2) is 0 Å². The zero-order valence-electron chi connectivity index (χ0n) is 8.02. The number of rotatable bonds is 0. The number of aromatic hydroxyl groups is 1. The van der Waals surface area contributed by atoms with Crippen LogP contribution in [-0.4, -0.2) is 23.5 Å². The number of hydrogen-bond donors (Lipinski definition) is 1. The van der Waals surface area contributed by atoms with Gasteiger partial charge >= 0.3 is 0 Å². The standard InChI is InChI=1S/C11H6O5/c12-5-1-2-6-7(3-5)9(14)11-10(8(6)13)15-4-16-11/h1-3,12H,4H2. The molecule has 0 aromatic heterocycles. The molecule has 0 unspecified atom stereocenters.